The lowest BCUT2D eigenvalue weighted by atomic mass is 10.1. The van der Waals surface area contributed by atoms with E-state index < -0.39 is 22.6 Å². The fraction of sp³-hybridized carbons (Fsp3) is 0.588. The van der Waals surface area contributed by atoms with Gasteiger partial charge in [0.1, 0.15) is 6.61 Å². The molecule has 0 aliphatic carbocycles. The van der Waals surface area contributed by atoms with E-state index in [0.29, 0.717) is 31.0 Å². The molecule has 1 saturated heterocycles. The Bertz CT molecular complexity index is 740. The van der Waals surface area contributed by atoms with Crippen LogP contribution in [0.1, 0.15) is 17.5 Å². The average Bonchev–Trinajstić information content (AvgIpc) is 2.94. The minimum atomic E-state index is -4.32. The first kappa shape index (κ1) is 25.0. The number of nitrogens with zero attached hydrogens (tertiary/aromatic N) is 1. The molecule has 1 heterocycles. The number of aliphatic imine (C=N–C) groups is 1. The Balaban J connectivity index is 0.00000392. The lowest BCUT2D eigenvalue weighted by Gasteiger charge is -2.14. The summed E-state index contributed by atoms with van der Waals surface area (Å²) < 4.78 is 63.7. The number of alkyl halides is 3. The minimum Gasteiger partial charge on any atom is -0.367 e. The second kappa shape index (κ2) is 11.2. The molecule has 0 saturated carbocycles. The standard InChI is InChI=1S/C17H24F3N3O3S.HI/c1-21-16(23-9-15-6-7-27(24,25)11-15)22-8-13-2-4-14(5-3-13)10-26-12-17(18,19)20;/h2-5,15H,6-12H2,1H3,(H2,21,22,23);1H. The third kappa shape index (κ3) is 9.41. The normalized spacial score (nSPS) is 19.1. The first-order valence-electron chi connectivity index (χ1n) is 8.54. The van der Waals surface area contributed by atoms with E-state index in [2.05, 4.69) is 20.4 Å². The number of rotatable bonds is 7. The number of hydrogen-bond acceptors (Lipinski definition) is 4. The van der Waals surface area contributed by atoms with Crippen LogP contribution in [0.15, 0.2) is 29.3 Å². The molecular formula is C17H25F3IN3O3S. The summed E-state index contributed by atoms with van der Waals surface area (Å²) >= 11 is 0. The van der Waals surface area contributed by atoms with Crippen LogP contribution in [0.5, 0.6) is 0 Å². The third-order valence-electron chi connectivity index (χ3n) is 4.13. The molecule has 28 heavy (non-hydrogen) atoms. The van der Waals surface area contributed by atoms with E-state index in [1.165, 1.54) is 0 Å². The summed E-state index contributed by atoms with van der Waals surface area (Å²) in [4.78, 5) is 4.10. The maximum Gasteiger partial charge on any atom is 0.411 e. The van der Waals surface area contributed by atoms with E-state index in [-0.39, 0.29) is 48.0 Å². The van der Waals surface area contributed by atoms with E-state index >= 15 is 0 Å². The SMILES string of the molecule is CN=C(NCc1ccc(COCC(F)(F)F)cc1)NCC1CCS(=O)(=O)C1.I. The van der Waals surface area contributed by atoms with Crippen molar-refractivity contribution in [2.24, 2.45) is 10.9 Å². The molecule has 1 fully saturated rings. The highest BCUT2D eigenvalue weighted by Crippen LogP contribution is 2.17. The molecule has 2 N–H and O–H groups in total. The number of halogens is 4. The Morgan fingerprint density at radius 3 is 2.39 bits per heavy atom. The first-order chi connectivity index (χ1) is 12.7. The summed E-state index contributed by atoms with van der Waals surface area (Å²) in [5.41, 5.74) is 1.59. The Morgan fingerprint density at radius 1 is 1.21 bits per heavy atom. The monoisotopic (exact) mass is 535 g/mol. The van der Waals surface area contributed by atoms with Crippen molar-refractivity contribution in [1.29, 1.82) is 0 Å². The molecule has 1 aliphatic heterocycles. The fourth-order valence-electron chi connectivity index (χ4n) is 2.72. The number of nitrogens with one attached hydrogen (secondary N) is 2. The molecule has 1 aromatic rings. The van der Waals surface area contributed by atoms with Gasteiger partial charge in [-0.3, -0.25) is 4.99 Å². The lowest BCUT2D eigenvalue weighted by molar-refractivity contribution is -0.176. The van der Waals surface area contributed by atoms with Gasteiger partial charge in [-0.2, -0.15) is 13.2 Å². The number of benzene rings is 1. The fourth-order valence-corrected chi connectivity index (χ4v) is 4.58. The summed E-state index contributed by atoms with van der Waals surface area (Å²) in [6.45, 7) is -0.345. The summed E-state index contributed by atoms with van der Waals surface area (Å²) in [5.74, 6) is 1.10. The Hall–Kier alpha value is -1.08. The molecule has 2 rings (SSSR count). The van der Waals surface area contributed by atoms with Gasteiger partial charge >= 0.3 is 6.18 Å². The second-order valence-electron chi connectivity index (χ2n) is 6.50. The van der Waals surface area contributed by atoms with Gasteiger partial charge in [-0.05, 0) is 23.5 Å². The van der Waals surface area contributed by atoms with Gasteiger partial charge in [0.25, 0.3) is 0 Å². The van der Waals surface area contributed by atoms with Crippen LogP contribution < -0.4 is 10.6 Å². The second-order valence-corrected chi connectivity index (χ2v) is 8.73. The number of hydrogen-bond donors (Lipinski definition) is 2. The minimum absolute atomic E-state index is 0. The molecular weight excluding hydrogens is 510 g/mol. The van der Waals surface area contributed by atoms with Crippen LogP contribution >= 0.6 is 24.0 Å². The molecule has 1 aliphatic rings. The highest BCUT2D eigenvalue weighted by Gasteiger charge is 2.28. The summed E-state index contributed by atoms with van der Waals surface area (Å²) in [7, 11) is -1.27. The van der Waals surface area contributed by atoms with Crippen LogP contribution in [-0.2, 0) is 27.7 Å². The molecule has 6 nitrogen and oxygen atoms in total. The smallest absolute Gasteiger partial charge is 0.367 e. The Kier molecular flexibility index (Phi) is 9.98. The summed E-state index contributed by atoms with van der Waals surface area (Å²) in [6, 6.07) is 7.03. The van der Waals surface area contributed by atoms with E-state index in [1.54, 1.807) is 31.3 Å². The highest BCUT2D eigenvalue weighted by molar-refractivity contribution is 14.0. The van der Waals surface area contributed by atoms with Gasteiger partial charge in [-0.1, -0.05) is 24.3 Å². The Labute approximate surface area is 180 Å². The number of ether oxygens (including phenoxy) is 1. The van der Waals surface area contributed by atoms with Crippen molar-refractivity contribution in [3.05, 3.63) is 35.4 Å². The molecule has 0 bridgehead atoms. The van der Waals surface area contributed by atoms with Gasteiger partial charge in [0.2, 0.25) is 0 Å². The van der Waals surface area contributed by atoms with Crippen LogP contribution in [0, 0.1) is 5.92 Å². The molecule has 160 valence electrons. The van der Waals surface area contributed by atoms with Crippen molar-refractivity contribution in [3.8, 4) is 0 Å². The van der Waals surface area contributed by atoms with Crippen molar-refractivity contribution in [1.82, 2.24) is 10.6 Å². The zero-order valence-electron chi connectivity index (χ0n) is 15.5. The first-order valence-corrected chi connectivity index (χ1v) is 10.4. The Morgan fingerprint density at radius 2 is 1.86 bits per heavy atom. The molecule has 0 radical (unpaired) electrons. The van der Waals surface area contributed by atoms with Gasteiger partial charge < -0.3 is 15.4 Å². The van der Waals surface area contributed by atoms with E-state index in [9.17, 15) is 21.6 Å². The molecule has 1 aromatic carbocycles. The van der Waals surface area contributed by atoms with E-state index in [1.807, 2.05) is 0 Å². The average molecular weight is 535 g/mol. The van der Waals surface area contributed by atoms with Gasteiger partial charge in [-0.25, -0.2) is 8.42 Å². The van der Waals surface area contributed by atoms with Gasteiger partial charge in [-0.15, -0.1) is 24.0 Å². The molecule has 1 unspecified atom stereocenters. The van der Waals surface area contributed by atoms with Crippen molar-refractivity contribution >= 4 is 39.8 Å². The van der Waals surface area contributed by atoms with Crippen LogP contribution in [0.4, 0.5) is 13.2 Å². The number of guanidine groups is 1. The summed E-state index contributed by atoms with van der Waals surface area (Å²) in [5, 5.41) is 6.24. The maximum atomic E-state index is 12.1. The zero-order chi connectivity index (χ0) is 19.9. The van der Waals surface area contributed by atoms with Gasteiger partial charge in [0.15, 0.2) is 15.8 Å². The predicted octanol–water partition coefficient (Wildman–Crippen LogP) is 2.48. The molecule has 0 spiro atoms. The van der Waals surface area contributed by atoms with Crippen molar-refractivity contribution in [3.63, 3.8) is 0 Å². The van der Waals surface area contributed by atoms with Gasteiger partial charge in [0.05, 0.1) is 18.1 Å². The maximum absolute atomic E-state index is 12.1. The van der Waals surface area contributed by atoms with E-state index in [0.717, 1.165) is 5.56 Å². The van der Waals surface area contributed by atoms with Crippen LogP contribution in [0.25, 0.3) is 0 Å². The quantitative estimate of drug-likeness (QED) is 0.319. The van der Waals surface area contributed by atoms with Crippen molar-refractivity contribution < 1.29 is 26.3 Å². The summed E-state index contributed by atoms with van der Waals surface area (Å²) in [6.07, 6.45) is -3.67. The van der Waals surface area contributed by atoms with Crippen LogP contribution in [0.3, 0.4) is 0 Å². The topological polar surface area (TPSA) is 79.8 Å². The molecule has 0 amide bonds. The van der Waals surface area contributed by atoms with E-state index in [4.69, 9.17) is 0 Å². The van der Waals surface area contributed by atoms with Crippen LogP contribution in [0.2, 0.25) is 0 Å². The number of sulfone groups is 1. The third-order valence-corrected chi connectivity index (χ3v) is 5.96. The van der Waals surface area contributed by atoms with Crippen LogP contribution in [-0.4, -0.2) is 52.3 Å². The zero-order valence-corrected chi connectivity index (χ0v) is 18.6. The molecule has 11 heteroatoms. The van der Waals surface area contributed by atoms with Crippen molar-refractivity contribution in [2.45, 2.75) is 25.7 Å². The molecule has 0 aromatic heterocycles. The highest BCUT2D eigenvalue weighted by atomic mass is 127. The van der Waals surface area contributed by atoms with Gasteiger partial charge in [0, 0.05) is 20.1 Å². The largest absolute Gasteiger partial charge is 0.411 e. The van der Waals surface area contributed by atoms with Crippen molar-refractivity contribution in [2.75, 3.05) is 31.7 Å². The predicted molar refractivity (Wildman–Crippen MR) is 113 cm³/mol. The lowest BCUT2D eigenvalue weighted by Crippen LogP contribution is -2.39. The molecule has 1 atom stereocenters.